The maximum Gasteiger partial charge on any atom is 0.138 e. The van der Waals surface area contributed by atoms with E-state index in [9.17, 15) is 0 Å². The lowest BCUT2D eigenvalue weighted by atomic mass is 10.2. The van der Waals surface area contributed by atoms with E-state index in [1.54, 1.807) is 18.2 Å². The second kappa shape index (κ2) is 6.91. The lowest BCUT2D eigenvalue weighted by Crippen LogP contribution is -2.07. The Labute approximate surface area is 129 Å². The van der Waals surface area contributed by atoms with Crippen LogP contribution in [0.3, 0.4) is 0 Å². The summed E-state index contributed by atoms with van der Waals surface area (Å²) in [6.07, 6.45) is 2.53. The van der Waals surface area contributed by atoms with Crippen molar-refractivity contribution < 1.29 is 0 Å². The molecule has 0 aliphatic heterocycles. The second-order valence-corrected chi connectivity index (χ2v) is 4.96. The van der Waals surface area contributed by atoms with Crippen molar-refractivity contribution in [2.24, 2.45) is 0 Å². The number of aromatic nitrogens is 2. The fourth-order valence-electron chi connectivity index (χ4n) is 1.81. The summed E-state index contributed by atoms with van der Waals surface area (Å²) < 4.78 is 0. The number of halogens is 1. The van der Waals surface area contributed by atoms with Gasteiger partial charge in [-0.05, 0) is 31.5 Å². The standard InChI is InChI=1S/C15H16ClN5/c1-3-6-18-14-10(2)15(20-9-19-14)21-13-5-4-11(8-17)7-12(13)16/h4-5,7,9H,3,6H2,1-2H3,(H2,18,19,20,21). The highest BCUT2D eigenvalue weighted by molar-refractivity contribution is 6.33. The van der Waals surface area contributed by atoms with Crippen molar-refractivity contribution in [3.8, 4) is 6.07 Å². The van der Waals surface area contributed by atoms with Crippen LogP contribution in [0, 0.1) is 18.3 Å². The summed E-state index contributed by atoms with van der Waals surface area (Å²) >= 11 is 6.16. The van der Waals surface area contributed by atoms with Crippen molar-refractivity contribution in [1.29, 1.82) is 5.26 Å². The van der Waals surface area contributed by atoms with Gasteiger partial charge in [0.1, 0.15) is 18.0 Å². The Morgan fingerprint density at radius 1 is 1.29 bits per heavy atom. The van der Waals surface area contributed by atoms with Gasteiger partial charge in [-0.2, -0.15) is 5.26 Å². The van der Waals surface area contributed by atoms with Crippen LogP contribution in [0.1, 0.15) is 24.5 Å². The van der Waals surface area contributed by atoms with Crippen molar-refractivity contribution in [3.63, 3.8) is 0 Å². The van der Waals surface area contributed by atoms with E-state index in [0.29, 0.717) is 22.1 Å². The number of rotatable bonds is 5. The fourth-order valence-corrected chi connectivity index (χ4v) is 2.04. The Hall–Kier alpha value is -2.32. The van der Waals surface area contributed by atoms with E-state index in [2.05, 4.69) is 33.6 Å². The smallest absolute Gasteiger partial charge is 0.138 e. The quantitative estimate of drug-likeness (QED) is 0.877. The van der Waals surface area contributed by atoms with Gasteiger partial charge in [0.25, 0.3) is 0 Å². The molecule has 1 heterocycles. The SMILES string of the molecule is CCCNc1ncnc(Nc2ccc(C#N)cc2Cl)c1C. The molecule has 0 saturated heterocycles. The third kappa shape index (κ3) is 3.61. The second-order valence-electron chi connectivity index (χ2n) is 4.55. The molecule has 6 heteroatoms. The minimum absolute atomic E-state index is 0.482. The first-order chi connectivity index (χ1) is 10.2. The van der Waals surface area contributed by atoms with Crippen molar-refractivity contribution >= 4 is 28.9 Å². The van der Waals surface area contributed by atoms with Crippen LogP contribution < -0.4 is 10.6 Å². The summed E-state index contributed by atoms with van der Waals surface area (Å²) in [5, 5.41) is 15.8. The summed E-state index contributed by atoms with van der Waals surface area (Å²) in [6.45, 7) is 4.89. The van der Waals surface area contributed by atoms with Gasteiger partial charge in [-0.1, -0.05) is 18.5 Å². The minimum atomic E-state index is 0.482. The average Bonchev–Trinajstić information content (AvgIpc) is 2.50. The molecule has 0 atom stereocenters. The highest BCUT2D eigenvalue weighted by atomic mass is 35.5. The van der Waals surface area contributed by atoms with Crippen LogP contribution in [0.4, 0.5) is 17.3 Å². The Balaban J connectivity index is 2.26. The third-order valence-corrected chi connectivity index (χ3v) is 3.29. The molecule has 0 bridgehead atoms. The fraction of sp³-hybridized carbons (Fsp3) is 0.267. The van der Waals surface area contributed by atoms with Gasteiger partial charge in [-0.25, -0.2) is 9.97 Å². The van der Waals surface area contributed by atoms with Crippen LogP contribution in [0.5, 0.6) is 0 Å². The van der Waals surface area contributed by atoms with E-state index >= 15 is 0 Å². The average molecular weight is 302 g/mol. The van der Waals surface area contributed by atoms with Crippen LogP contribution in [0.2, 0.25) is 5.02 Å². The van der Waals surface area contributed by atoms with Crippen LogP contribution in [-0.2, 0) is 0 Å². The van der Waals surface area contributed by atoms with Crippen molar-refractivity contribution in [1.82, 2.24) is 9.97 Å². The molecule has 0 spiro atoms. The van der Waals surface area contributed by atoms with E-state index in [4.69, 9.17) is 16.9 Å². The van der Waals surface area contributed by atoms with Gasteiger partial charge >= 0.3 is 0 Å². The van der Waals surface area contributed by atoms with E-state index in [1.807, 2.05) is 6.92 Å². The summed E-state index contributed by atoms with van der Waals surface area (Å²) in [6, 6.07) is 7.15. The van der Waals surface area contributed by atoms with E-state index in [0.717, 1.165) is 24.3 Å². The maximum absolute atomic E-state index is 8.85. The van der Waals surface area contributed by atoms with Gasteiger partial charge in [0.15, 0.2) is 0 Å². The number of nitrogens with one attached hydrogen (secondary N) is 2. The zero-order valence-electron chi connectivity index (χ0n) is 11.9. The monoisotopic (exact) mass is 301 g/mol. The van der Waals surface area contributed by atoms with Gasteiger partial charge in [0.05, 0.1) is 22.3 Å². The first-order valence-electron chi connectivity index (χ1n) is 6.67. The number of hydrogen-bond acceptors (Lipinski definition) is 5. The molecule has 0 fully saturated rings. The number of nitriles is 1. The maximum atomic E-state index is 8.85. The molecule has 5 nitrogen and oxygen atoms in total. The molecule has 0 amide bonds. The molecule has 2 rings (SSSR count). The number of nitrogens with zero attached hydrogens (tertiary/aromatic N) is 3. The molecule has 0 saturated carbocycles. The van der Waals surface area contributed by atoms with E-state index < -0.39 is 0 Å². The van der Waals surface area contributed by atoms with Gasteiger partial charge in [-0.3, -0.25) is 0 Å². The van der Waals surface area contributed by atoms with Crippen molar-refractivity contribution in [2.75, 3.05) is 17.2 Å². The van der Waals surface area contributed by atoms with E-state index in [-0.39, 0.29) is 0 Å². The predicted octanol–water partition coefficient (Wildman–Crippen LogP) is 3.88. The molecule has 0 radical (unpaired) electrons. The lowest BCUT2D eigenvalue weighted by molar-refractivity contribution is 0.960. The van der Waals surface area contributed by atoms with Crippen LogP contribution >= 0.6 is 11.6 Å². The number of anilines is 3. The Morgan fingerprint density at radius 2 is 2.05 bits per heavy atom. The normalized spacial score (nSPS) is 10.0. The molecule has 0 aliphatic carbocycles. The van der Waals surface area contributed by atoms with Gasteiger partial charge in [-0.15, -0.1) is 0 Å². The van der Waals surface area contributed by atoms with Gasteiger partial charge in [0.2, 0.25) is 0 Å². The molecule has 0 aliphatic rings. The first-order valence-corrected chi connectivity index (χ1v) is 7.05. The summed E-state index contributed by atoms with van der Waals surface area (Å²) in [5.74, 6) is 1.49. The molecule has 0 unspecified atom stereocenters. The Bertz CT molecular complexity index is 678. The summed E-state index contributed by atoms with van der Waals surface area (Å²) in [5.41, 5.74) is 2.15. The van der Waals surface area contributed by atoms with E-state index in [1.165, 1.54) is 6.33 Å². The zero-order chi connectivity index (χ0) is 15.2. The Morgan fingerprint density at radius 3 is 2.71 bits per heavy atom. The summed E-state index contributed by atoms with van der Waals surface area (Å²) in [4.78, 5) is 8.47. The van der Waals surface area contributed by atoms with Gasteiger partial charge < -0.3 is 10.6 Å². The lowest BCUT2D eigenvalue weighted by Gasteiger charge is -2.13. The first kappa shape index (κ1) is 15.1. The number of benzene rings is 1. The molecule has 2 N–H and O–H groups in total. The molecular formula is C15H16ClN5. The summed E-state index contributed by atoms with van der Waals surface area (Å²) in [7, 11) is 0. The van der Waals surface area contributed by atoms with Gasteiger partial charge in [0, 0.05) is 12.1 Å². The molecule has 1 aromatic heterocycles. The topological polar surface area (TPSA) is 73.6 Å². The minimum Gasteiger partial charge on any atom is -0.370 e. The zero-order valence-corrected chi connectivity index (χ0v) is 12.7. The largest absolute Gasteiger partial charge is 0.370 e. The highest BCUT2D eigenvalue weighted by Gasteiger charge is 2.09. The number of hydrogen-bond donors (Lipinski definition) is 2. The van der Waals surface area contributed by atoms with Crippen molar-refractivity contribution in [3.05, 3.63) is 40.7 Å². The molecule has 21 heavy (non-hydrogen) atoms. The molecule has 1 aromatic carbocycles. The Kier molecular flexibility index (Phi) is 4.96. The third-order valence-electron chi connectivity index (χ3n) is 2.98. The molecule has 2 aromatic rings. The van der Waals surface area contributed by atoms with Crippen LogP contribution in [0.25, 0.3) is 0 Å². The molecular weight excluding hydrogens is 286 g/mol. The predicted molar refractivity (Wildman–Crippen MR) is 85.0 cm³/mol. The molecule has 108 valence electrons. The van der Waals surface area contributed by atoms with Crippen LogP contribution in [-0.4, -0.2) is 16.5 Å². The van der Waals surface area contributed by atoms with Crippen molar-refractivity contribution in [2.45, 2.75) is 20.3 Å². The highest BCUT2D eigenvalue weighted by Crippen LogP contribution is 2.28. The van der Waals surface area contributed by atoms with Crippen LogP contribution in [0.15, 0.2) is 24.5 Å².